The average molecular weight is 253 g/mol. The first-order valence-corrected chi connectivity index (χ1v) is 6.04. The minimum Gasteiger partial charge on any atom is -0.478 e. The van der Waals surface area contributed by atoms with Gasteiger partial charge in [-0.1, -0.05) is 13.8 Å². The molecule has 0 aliphatic rings. The third-order valence-corrected chi connectivity index (χ3v) is 2.95. The van der Waals surface area contributed by atoms with Crippen molar-refractivity contribution in [2.75, 3.05) is 6.61 Å². The predicted octanol–water partition coefficient (Wildman–Crippen LogP) is 3.11. The molecular weight excluding hydrogens is 238 g/mol. The van der Waals surface area contributed by atoms with Gasteiger partial charge < -0.3 is 4.74 Å². The van der Waals surface area contributed by atoms with Gasteiger partial charge in [0.25, 0.3) is 0 Å². The Kier molecular flexibility index (Phi) is 5.39. The Balaban J connectivity index is 3.23. The smallest absolute Gasteiger partial charge is 0.174 e. The number of nitriles is 3. The Morgan fingerprint density at radius 2 is 1.89 bits per heavy atom. The van der Waals surface area contributed by atoms with Crippen LogP contribution in [0, 0.1) is 39.9 Å². The second kappa shape index (κ2) is 7.04. The Labute approximate surface area is 113 Å². The molecule has 0 fully saturated rings. The summed E-state index contributed by atoms with van der Waals surface area (Å²) in [7, 11) is 0. The molecule has 0 aliphatic heterocycles. The lowest BCUT2D eigenvalue weighted by Gasteiger charge is -2.21. The number of benzene rings is 1. The molecule has 0 spiro atoms. The highest BCUT2D eigenvalue weighted by molar-refractivity contribution is 5.44. The van der Waals surface area contributed by atoms with Crippen LogP contribution in [0.25, 0.3) is 0 Å². The van der Waals surface area contributed by atoms with Gasteiger partial charge in [-0.2, -0.15) is 15.8 Å². The molecule has 0 bridgehead atoms. The van der Waals surface area contributed by atoms with Crippen LogP contribution in [0.3, 0.4) is 0 Å². The quantitative estimate of drug-likeness (QED) is 0.807. The largest absolute Gasteiger partial charge is 0.478 e. The molecular formula is C15H15N3O. The van der Waals surface area contributed by atoms with E-state index in [9.17, 15) is 0 Å². The molecule has 0 saturated carbocycles. The second-order valence-electron chi connectivity index (χ2n) is 4.52. The summed E-state index contributed by atoms with van der Waals surface area (Å²) in [6.45, 7) is 4.00. The maximum atomic E-state index is 8.97. The number of rotatable bonds is 5. The molecule has 1 unspecified atom stereocenters. The number of hydrogen-bond acceptors (Lipinski definition) is 4. The minimum absolute atomic E-state index is 0.00741. The van der Waals surface area contributed by atoms with Crippen LogP contribution in [0.5, 0.6) is 5.75 Å². The van der Waals surface area contributed by atoms with E-state index in [0.29, 0.717) is 17.7 Å². The lowest BCUT2D eigenvalue weighted by Crippen LogP contribution is -2.09. The van der Waals surface area contributed by atoms with Crippen molar-refractivity contribution in [2.45, 2.75) is 26.2 Å². The summed E-state index contributed by atoms with van der Waals surface area (Å²) < 4.78 is 5.38. The molecule has 0 aromatic heterocycles. The van der Waals surface area contributed by atoms with Crippen molar-refractivity contribution < 1.29 is 4.74 Å². The average Bonchev–Trinajstić information content (AvgIpc) is 2.42. The van der Waals surface area contributed by atoms with Crippen molar-refractivity contribution in [3.63, 3.8) is 0 Å². The number of nitrogens with zero attached hydrogens (tertiary/aromatic N) is 3. The van der Waals surface area contributed by atoms with E-state index < -0.39 is 0 Å². The van der Waals surface area contributed by atoms with Gasteiger partial charge in [0.2, 0.25) is 0 Å². The number of ether oxygens (including phenoxy) is 1. The van der Waals surface area contributed by atoms with Crippen LogP contribution < -0.4 is 4.74 Å². The third-order valence-electron chi connectivity index (χ3n) is 2.95. The molecule has 0 radical (unpaired) electrons. The van der Waals surface area contributed by atoms with Crippen molar-refractivity contribution >= 4 is 0 Å². The maximum Gasteiger partial charge on any atom is 0.174 e. The van der Waals surface area contributed by atoms with Gasteiger partial charge in [0.1, 0.15) is 11.8 Å². The van der Waals surface area contributed by atoms with E-state index in [1.807, 2.05) is 19.9 Å². The summed E-state index contributed by atoms with van der Waals surface area (Å²) in [6, 6.07) is 11.3. The van der Waals surface area contributed by atoms with Crippen LogP contribution in [-0.2, 0) is 0 Å². The van der Waals surface area contributed by atoms with Crippen LogP contribution in [0.2, 0.25) is 0 Å². The van der Waals surface area contributed by atoms with E-state index in [4.69, 9.17) is 20.5 Å². The van der Waals surface area contributed by atoms with E-state index in [-0.39, 0.29) is 18.4 Å². The Morgan fingerprint density at radius 1 is 1.16 bits per heavy atom. The zero-order chi connectivity index (χ0) is 14.3. The molecule has 96 valence electrons. The van der Waals surface area contributed by atoms with E-state index in [1.165, 1.54) is 0 Å². The first-order valence-electron chi connectivity index (χ1n) is 6.04. The van der Waals surface area contributed by atoms with Crippen molar-refractivity contribution in [3.8, 4) is 24.0 Å². The van der Waals surface area contributed by atoms with Crippen LogP contribution in [-0.4, -0.2) is 6.61 Å². The molecule has 1 aromatic rings. The standard InChI is InChI=1S/C15H15N3O/c1-11(2)13(5-6-16)14-9-12(10-18)3-4-15(14)19-8-7-17/h3-4,9,11,13H,5,8H2,1-2H3. The monoisotopic (exact) mass is 253 g/mol. The molecule has 0 aliphatic carbocycles. The molecule has 1 atom stereocenters. The zero-order valence-corrected chi connectivity index (χ0v) is 11.1. The van der Waals surface area contributed by atoms with Crippen LogP contribution >= 0.6 is 0 Å². The molecule has 0 amide bonds. The predicted molar refractivity (Wildman–Crippen MR) is 70.1 cm³/mol. The molecule has 0 saturated heterocycles. The first-order chi connectivity index (χ1) is 9.13. The topological polar surface area (TPSA) is 80.6 Å². The van der Waals surface area contributed by atoms with Gasteiger partial charge in [0, 0.05) is 12.3 Å². The fourth-order valence-electron chi connectivity index (χ4n) is 1.95. The third kappa shape index (κ3) is 3.73. The Bertz CT molecular complexity index is 558. The van der Waals surface area contributed by atoms with E-state index >= 15 is 0 Å². The minimum atomic E-state index is -0.0454. The van der Waals surface area contributed by atoms with Gasteiger partial charge >= 0.3 is 0 Å². The van der Waals surface area contributed by atoms with Crippen LogP contribution in [0.1, 0.15) is 37.3 Å². The van der Waals surface area contributed by atoms with Crippen LogP contribution in [0.15, 0.2) is 18.2 Å². The summed E-state index contributed by atoms with van der Waals surface area (Å²) in [5.41, 5.74) is 1.36. The van der Waals surface area contributed by atoms with Gasteiger partial charge in [-0.05, 0) is 29.7 Å². The van der Waals surface area contributed by atoms with Crippen molar-refractivity contribution in [2.24, 2.45) is 5.92 Å². The summed E-state index contributed by atoms with van der Waals surface area (Å²) in [4.78, 5) is 0. The normalized spacial score (nSPS) is 11.2. The van der Waals surface area contributed by atoms with E-state index in [1.54, 1.807) is 18.2 Å². The molecule has 4 nitrogen and oxygen atoms in total. The fourth-order valence-corrected chi connectivity index (χ4v) is 1.95. The summed E-state index contributed by atoms with van der Waals surface area (Å²) >= 11 is 0. The highest BCUT2D eigenvalue weighted by Gasteiger charge is 2.20. The maximum absolute atomic E-state index is 8.97. The number of hydrogen-bond donors (Lipinski definition) is 0. The van der Waals surface area contributed by atoms with Gasteiger partial charge in [-0.25, -0.2) is 0 Å². The van der Waals surface area contributed by atoms with E-state index in [2.05, 4.69) is 12.1 Å². The van der Waals surface area contributed by atoms with Gasteiger partial charge in [0.15, 0.2) is 6.61 Å². The molecule has 19 heavy (non-hydrogen) atoms. The van der Waals surface area contributed by atoms with Crippen molar-refractivity contribution in [1.29, 1.82) is 15.8 Å². The van der Waals surface area contributed by atoms with Crippen molar-refractivity contribution in [1.82, 2.24) is 0 Å². The Morgan fingerprint density at radius 3 is 2.42 bits per heavy atom. The molecule has 4 heteroatoms. The van der Waals surface area contributed by atoms with Gasteiger partial charge in [0.05, 0.1) is 17.7 Å². The SMILES string of the molecule is CC(C)C(CC#N)c1cc(C#N)ccc1OCC#N. The van der Waals surface area contributed by atoms with Gasteiger partial charge in [-0.15, -0.1) is 0 Å². The highest BCUT2D eigenvalue weighted by atomic mass is 16.5. The molecule has 0 N–H and O–H groups in total. The lowest BCUT2D eigenvalue weighted by molar-refractivity contribution is 0.355. The lowest BCUT2D eigenvalue weighted by atomic mass is 9.85. The molecule has 0 heterocycles. The van der Waals surface area contributed by atoms with E-state index in [0.717, 1.165) is 5.56 Å². The molecule has 1 rings (SSSR count). The second-order valence-corrected chi connectivity index (χ2v) is 4.52. The molecule has 1 aromatic carbocycles. The van der Waals surface area contributed by atoms with Crippen molar-refractivity contribution in [3.05, 3.63) is 29.3 Å². The van der Waals surface area contributed by atoms with Gasteiger partial charge in [-0.3, -0.25) is 0 Å². The summed E-state index contributed by atoms with van der Waals surface area (Å²) in [6.07, 6.45) is 0.357. The summed E-state index contributed by atoms with van der Waals surface area (Å²) in [5.74, 6) is 0.819. The first kappa shape index (κ1) is 14.6. The Hall–Kier alpha value is -2.51. The fraction of sp³-hybridized carbons (Fsp3) is 0.400. The van der Waals surface area contributed by atoms with Crippen LogP contribution in [0.4, 0.5) is 0 Å². The highest BCUT2D eigenvalue weighted by Crippen LogP contribution is 2.35. The zero-order valence-electron chi connectivity index (χ0n) is 11.1. The summed E-state index contributed by atoms with van der Waals surface area (Å²) in [5, 5.41) is 26.5.